The van der Waals surface area contributed by atoms with Gasteiger partial charge in [0.1, 0.15) is 10.7 Å². The molecule has 0 amide bonds. The number of nitrogen functional groups attached to an aromatic ring is 2. The maximum atomic E-state index is 12.5. The van der Waals surface area contributed by atoms with Crippen LogP contribution in [0.2, 0.25) is 0 Å². The van der Waals surface area contributed by atoms with Gasteiger partial charge in [-0.15, -0.1) is 0 Å². The van der Waals surface area contributed by atoms with Crippen molar-refractivity contribution in [1.82, 2.24) is 4.98 Å². The lowest BCUT2D eigenvalue weighted by molar-refractivity contribution is 0.104. The van der Waals surface area contributed by atoms with Gasteiger partial charge >= 0.3 is 0 Å². The van der Waals surface area contributed by atoms with Gasteiger partial charge in [-0.25, -0.2) is 4.98 Å². The Bertz CT molecular complexity index is 797. The van der Waals surface area contributed by atoms with Gasteiger partial charge in [-0.3, -0.25) is 4.79 Å². The second-order valence-electron chi connectivity index (χ2n) is 4.68. The molecule has 3 rings (SSSR count). The molecule has 1 heterocycles. The summed E-state index contributed by atoms with van der Waals surface area (Å²) in [6.45, 7) is 0. The minimum Gasteiger partial charge on any atom is -0.399 e. The molecular weight excluding hydrogens is 296 g/mol. The van der Waals surface area contributed by atoms with Crippen LogP contribution in [0, 0.1) is 0 Å². The number of carbonyl (C=O) groups excluding carboxylic acids is 1. The van der Waals surface area contributed by atoms with Crippen LogP contribution in [-0.4, -0.2) is 10.8 Å². The van der Waals surface area contributed by atoms with Crippen LogP contribution in [0.4, 0.5) is 22.3 Å². The van der Waals surface area contributed by atoms with Gasteiger partial charge in [-0.2, -0.15) is 0 Å². The lowest BCUT2D eigenvalue weighted by Crippen LogP contribution is -2.02. The highest BCUT2D eigenvalue weighted by Gasteiger charge is 2.18. The van der Waals surface area contributed by atoms with Gasteiger partial charge in [0.05, 0.1) is 0 Å². The average Bonchev–Trinajstić information content (AvgIpc) is 2.89. The van der Waals surface area contributed by atoms with Crippen molar-refractivity contribution in [3.63, 3.8) is 0 Å². The first kappa shape index (κ1) is 14.1. The van der Waals surface area contributed by atoms with E-state index < -0.39 is 0 Å². The second-order valence-corrected chi connectivity index (χ2v) is 5.67. The van der Waals surface area contributed by atoms with Gasteiger partial charge in [0.15, 0.2) is 5.13 Å². The van der Waals surface area contributed by atoms with Gasteiger partial charge in [0.25, 0.3) is 0 Å². The van der Waals surface area contributed by atoms with Gasteiger partial charge < -0.3 is 16.8 Å². The Kier molecular flexibility index (Phi) is 3.76. The molecule has 0 saturated heterocycles. The molecule has 0 aliphatic rings. The van der Waals surface area contributed by atoms with E-state index in [0.717, 1.165) is 5.69 Å². The fourth-order valence-corrected chi connectivity index (χ4v) is 2.83. The zero-order valence-corrected chi connectivity index (χ0v) is 12.4. The summed E-state index contributed by atoms with van der Waals surface area (Å²) in [4.78, 5) is 17.1. The van der Waals surface area contributed by atoms with E-state index in [9.17, 15) is 4.79 Å². The topological polar surface area (TPSA) is 94.0 Å². The van der Waals surface area contributed by atoms with E-state index in [1.54, 1.807) is 24.3 Å². The molecule has 2 aromatic carbocycles. The molecule has 0 unspecified atom stereocenters. The molecule has 6 heteroatoms. The summed E-state index contributed by atoms with van der Waals surface area (Å²) in [5.74, 6) is 0.0707. The van der Waals surface area contributed by atoms with Crippen LogP contribution in [0.3, 0.4) is 0 Å². The Morgan fingerprint density at radius 3 is 2.36 bits per heavy atom. The number of hydrogen-bond donors (Lipinski definition) is 3. The standard InChI is InChI=1S/C16H14N4OS/c17-11-8-6-10(7-9-11)13(21)14-15(18)20-16(22-14)19-12-4-2-1-3-5-12/h1-9H,17-18H2,(H,19,20). The SMILES string of the molecule is Nc1ccc(C(=O)c2sc(Nc3ccccc3)nc2N)cc1. The van der Waals surface area contributed by atoms with Crippen LogP contribution in [0.25, 0.3) is 0 Å². The fraction of sp³-hybridized carbons (Fsp3) is 0. The number of para-hydroxylation sites is 1. The summed E-state index contributed by atoms with van der Waals surface area (Å²) in [7, 11) is 0. The molecule has 0 atom stereocenters. The highest BCUT2D eigenvalue weighted by Crippen LogP contribution is 2.29. The van der Waals surface area contributed by atoms with Crippen LogP contribution in [-0.2, 0) is 0 Å². The number of aromatic nitrogens is 1. The molecule has 0 aliphatic carbocycles. The molecule has 3 aromatic rings. The van der Waals surface area contributed by atoms with Gasteiger partial charge in [0.2, 0.25) is 5.78 Å². The van der Waals surface area contributed by atoms with E-state index in [1.807, 2.05) is 30.3 Å². The number of thiazole rings is 1. The molecule has 22 heavy (non-hydrogen) atoms. The summed E-state index contributed by atoms with van der Waals surface area (Å²) < 4.78 is 0. The van der Waals surface area contributed by atoms with Crippen molar-refractivity contribution in [2.45, 2.75) is 0 Å². The maximum absolute atomic E-state index is 12.5. The monoisotopic (exact) mass is 310 g/mol. The summed E-state index contributed by atoms with van der Waals surface area (Å²) in [6.07, 6.45) is 0. The predicted octanol–water partition coefficient (Wildman–Crippen LogP) is 3.28. The minimum atomic E-state index is -0.156. The third kappa shape index (κ3) is 2.91. The molecule has 1 aromatic heterocycles. The van der Waals surface area contributed by atoms with Crippen molar-refractivity contribution >= 4 is 39.4 Å². The second kappa shape index (κ2) is 5.87. The third-order valence-electron chi connectivity index (χ3n) is 3.06. The lowest BCUT2D eigenvalue weighted by Gasteiger charge is -2.00. The third-order valence-corrected chi connectivity index (χ3v) is 4.04. The normalized spacial score (nSPS) is 10.4. The Hall–Kier alpha value is -2.86. The minimum absolute atomic E-state index is 0.156. The summed E-state index contributed by atoms with van der Waals surface area (Å²) in [5, 5.41) is 3.72. The Morgan fingerprint density at radius 2 is 1.68 bits per heavy atom. The zero-order valence-electron chi connectivity index (χ0n) is 11.6. The Balaban J connectivity index is 1.86. The van der Waals surface area contributed by atoms with Crippen LogP contribution in [0.15, 0.2) is 54.6 Å². The first-order valence-corrected chi connectivity index (χ1v) is 7.44. The van der Waals surface area contributed by atoms with E-state index >= 15 is 0 Å². The van der Waals surface area contributed by atoms with Gasteiger partial charge in [0, 0.05) is 16.9 Å². The van der Waals surface area contributed by atoms with E-state index in [4.69, 9.17) is 11.5 Å². The molecule has 0 radical (unpaired) electrons. The lowest BCUT2D eigenvalue weighted by atomic mass is 10.1. The zero-order chi connectivity index (χ0) is 15.5. The number of rotatable bonds is 4. The van der Waals surface area contributed by atoms with Gasteiger partial charge in [-0.1, -0.05) is 29.5 Å². The first-order valence-electron chi connectivity index (χ1n) is 6.62. The van der Waals surface area contributed by atoms with Crippen molar-refractivity contribution in [2.75, 3.05) is 16.8 Å². The molecule has 0 bridgehead atoms. The molecule has 5 nitrogen and oxygen atoms in total. The average molecular weight is 310 g/mol. The highest BCUT2D eigenvalue weighted by molar-refractivity contribution is 7.18. The van der Waals surface area contributed by atoms with Crippen molar-refractivity contribution in [3.05, 3.63) is 65.0 Å². The number of anilines is 4. The number of carbonyl (C=O) groups is 1. The molecule has 110 valence electrons. The highest BCUT2D eigenvalue weighted by atomic mass is 32.1. The molecular formula is C16H14N4OS. The fourth-order valence-electron chi connectivity index (χ4n) is 1.96. The summed E-state index contributed by atoms with van der Waals surface area (Å²) >= 11 is 1.23. The molecule has 0 fully saturated rings. The van der Waals surface area contributed by atoms with Crippen molar-refractivity contribution in [2.24, 2.45) is 0 Å². The summed E-state index contributed by atoms with van der Waals surface area (Å²) in [6, 6.07) is 16.3. The molecule has 0 spiro atoms. The smallest absolute Gasteiger partial charge is 0.206 e. The van der Waals surface area contributed by atoms with Crippen LogP contribution in [0.5, 0.6) is 0 Å². The summed E-state index contributed by atoms with van der Waals surface area (Å²) in [5.41, 5.74) is 13.5. The van der Waals surface area contributed by atoms with E-state index in [-0.39, 0.29) is 11.6 Å². The largest absolute Gasteiger partial charge is 0.399 e. The molecule has 0 saturated carbocycles. The number of hydrogen-bond acceptors (Lipinski definition) is 6. The number of nitrogens with zero attached hydrogens (tertiary/aromatic N) is 1. The predicted molar refractivity (Wildman–Crippen MR) is 90.5 cm³/mol. The van der Waals surface area contributed by atoms with Crippen LogP contribution >= 0.6 is 11.3 Å². The van der Waals surface area contributed by atoms with Crippen molar-refractivity contribution < 1.29 is 4.79 Å². The van der Waals surface area contributed by atoms with Crippen molar-refractivity contribution in [3.8, 4) is 0 Å². The number of nitrogens with two attached hydrogens (primary N) is 2. The van der Waals surface area contributed by atoms with Crippen molar-refractivity contribution in [1.29, 1.82) is 0 Å². The van der Waals surface area contributed by atoms with E-state index in [0.29, 0.717) is 21.3 Å². The number of nitrogens with one attached hydrogen (secondary N) is 1. The Morgan fingerprint density at radius 1 is 1.00 bits per heavy atom. The molecule has 0 aliphatic heterocycles. The quantitative estimate of drug-likeness (QED) is 0.508. The molecule has 5 N–H and O–H groups in total. The number of benzene rings is 2. The van der Waals surface area contributed by atoms with Crippen LogP contribution in [0.1, 0.15) is 15.2 Å². The Labute approximate surface area is 131 Å². The maximum Gasteiger partial charge on any atom is 0.206 e. The van der Waals surface area contributed by atoms with E-state index in [1.165, 1.54) is 11.3 Å². The first-order chi connectivity index (χ1) is 10.6. The van der Waals surface area contributed by atoms with Gasteiger partial charge in [-0.05, 0) is 36.4 Å². The van der Waals surface area contributed by atoms with E-state index in [2.05, 4.69) is 10.3 Å². The number of ketones is 1. The van der Waals surface area contributed by atoms with Crippen LogP contribution < -0.4 is 16.8 Å².